The highest BCUT2D eigenvalue weighted by atomic mass is 16.7. The van der Waals surface area contributed by atoms with Crippen molar-refractivity contribution in [3.05, 3.63) is 35.5 Å². The molecular weight excluding hydrogens is 358 g/mol. The van der Waals surface area contributed by atoms with E-state index >= 15 is 0 Å². The Hall–Kier alpha value is -2.25. The van der Waals surface area contributed by atoms with Crippen molar-refractivity contribution in [3.8, 4) is 0 Å². The summed E-state index contributed by atoms with van der Waals surface area (Å²) in [4.78, 5) is 35.1. The van der Waals surface area contributed by atoms with Gasteiger partial charge < -0.3 is 10.4 Å². The second-order valence-corrected chi connectivity index (χ2v) is 8.41. The number of aromatic nitrogens is 1. The predicted molar refractivity (Wildman–Crippen MR) is 106 cm³/mol. The Morgan fingerprint density at radius 1 is 1.32 bits per heavy atom. The standard InChI is InChI=1S/C21H29N3O4/c1-14(26)16-12-17-20(2,3)8-5-9-21(17,4)28-24(16)18-7-6-15(13-23-18)19(27)22-10-11-25/h6-7,12-13,16,25H,5,8-11H2,1-4H3,(H,22,27). The third-order valence-corrected chi connectivity index (χ3v) is 5.68. The van der Waals surface area contributed by atoms with E-state index in [0.29, 0.717) is 11.4 Å². The van der Waals surface area contributed by atoms with Crippen LogP contribution in [0.25, 0.3) is 0 Å². The number of aliphatic hydroxyl groups is 1. The smallest absolute Gasteiger partial charge is 0.252 e. The minimum atomic E-state index is -0.554. The number of amides is 1. The summed E-state index contributed by atoms with van der Waals surface area (Å²) in [5.41, 5.74) is 1.05. The van der Waals surface area contributed by atoms with Crippen LogP contribution in [0.3, 0.4) is 0 Å². The lowest BCUT2D eigenvalue weighted by Crippen LogP contribution is -2.55. The van der Waals surface area contributed by atoms with Crippen molar-refractivity contribution < 1.29 is 19.5 Å². The van der Waals surface area contributed by atoms with Gasteiger partial charge in [0.25, 0.3) is 5.91 Å². The number of hydroxylamine groups is 1. The van der Waals surface area contributed by atoms with Crippen LogP contribution in [-0.2, 0) is 9.63 Å². The molecule has 0 radical (unpaired) electrons. The number of nitrogens with one attached hydrogen (secondary N) is 1. The Balaban J connectivity index is 1.92. The molecule has 152 valence electrons. The Labute approximate surface area is 165 Å². The number of nitrogens with zero attached hydrogens (tertiary/aromatic N) is 2. The second kappa shape index (κ2) is 7.64. The summed E-state index contributed by atoms with van der Waals surface area (Å²) >= 11 is 0. The number of hydrogen-bond acceptors (Lipinski definition) is 6. The first-order chi connectivity index (χ1) is 13.2. The van der Waals surface area contributed by atoms with Gasteiger partial charge in [-0.05, 0) is 62.3 Å². The summed E-state index contributed by atoms with van der Waals surface area (Å²) in [6.07, 6.45) is 6.49. The van der Waals surface area contributed by atoms with Crippen LogP contribution in [0.2, 0.25) is 0 Å². The Kier molecular flexibility index (Phi) is 5.59. The van der Waals surface area contributed by atoms with Gasteiger partial charge in [0.05, 0.1) is 12.2 Å². The summed E-state index contributed by atoms with van der Waals surface area (Å²) in [6.45, 7) is 8.08. The summed E-state index contributed by atoms with van der Waals surface area (Å²) in [6, 6.07) is 2.77. The maximum Gasteiger partial charge on any atom is 0.252 e. The molecule has 2 aliphatic rings. The molecule has 1 aromatic heterocycles. The van der Waals surface area contributed by atoms with Crippen LogP contribution in [0.5, 0.6) is 0 Å². The van der Waals surface area contributed by atoms with Crippen molar-refractivity contribution in [2.75, 3.05) is 18.2 Å². The summed E-state index contributed by atoms with van der Waals surface area (Å²) in [5, 5.41) is 13.0. The monoisotopic (exact) mass is 387 g/mol. The number of rotatable bonds is 5. The molecule has 0 bridgehead atoms. The summed E-state index contributed by atoms with van der Waals surface area (Å²) < 4.78 is 0. The fraction of sp³-hybridized carbons (Fsp3) is 0.571. The quantitative estimate of drug-likeness (QED) is 0.754. The number of anilines is 1. The molecule has 1 fully saturated rings. The molecule has 2 heterocycles. The second-order valence-electron chi connectivity index (χ2n) is 8.41. The molecule has 3 rings (SSSR count). The van der Waals surface area contributed by atoms with E-state index in [1.165, 1.54) is 11.8 Å². The fourth-order valence-corrected chi connectivity index (χ4v) is 4.24. The van der Waals surface area contributed by atoms with Crippen LogP contribution in [0.15, 0.2) is 30.0 Å². The number of aliphatic hydroxyl groups excluding tert-OH is 1. The van der Waals surface area contributed by atoms with Crippen molar-refractivity contribution in [3.63, 3.8) is 0 Å². The van der Waals surface area contributed by atoms with Gasteiger partial charge in [-0.3, -0.25) is 14.4 Å². The fourth-order valence-electron chi connectivity index (χ4n) is 4.24. The van der Waals surface area contributed by atoms with E-state index in [2.05, 4.69) is 31.1 Å². The number of ketones is 1. The minimum absolute atomic E-state index is 0.0190. The third kappa shape index (κ3) is 3.82. The van der Waals surface area contributed by atoms with Gasteiger partial charge in [-0.1, -0.05) is 13.8 Å². The van der Waals surface area contributed by atoms with Gasteiger partial charge in [-0.2, -0.15) is 0 Å². The summed E-state index contributed by atoms with van der Waals surface area (Å²) in [5.74, 6) is 0.153. The van der Waals surface area contributed by atoms with Crippen molar-refractivity contribution in [2.24, 2.45) is 5.41 Å². The highest BCUT2D eigenvalue weighted by molar-refractivity contribution is 5.94. The zero-order chi connectivity index (χ0) is 20.5. The first-order valence-corrected chi connectivity index (χ1v) is 9.75. The van der Waals surface area contributed by atoms with E-state index in [4.69, 9.17) is 9.94 Å². The van der Waals surface area contributed by atoms with E-state index in [0.717, 1.165) is 19.3 Å². The van der Waals surface area contributed by atoms with Crippen molar-refractivity contribution in [1.82, 2.24) is 10.3 Å². The third-order valence-electron chi connectivity index (χ3n) is 5.68. The molecule has 2 N–H and O–H groups in total. The lowest BCUT2D eigenvalue weighted by atomic mass is 9.65. The van der Waals surface area contributed by atoms with Crippen LogP contribution >= 0.6 is 0 Å². The minimum Gasteiger partial charge on any atom is -0.395 e. The van der Waals surface area contributed by atoms with E-state index in [-0.39, 0.29) is 30.3 Å². The van der Waals surface area contributed by atoms with E-state index < -0.39 is 11.6 Å². The highest BCUT2D eigenvalue weighted by Gasteiger charge is 2.49. The Morgan fingerprint density at radius 2 is 2.07 bits per heavy atom. The molecule has 1 aliphatic carbocycles. The van der Waals surface area contributed by atoms with Crippen LogP contribution in [0.4, 0.5) is 5.82 Å². The van der Waals surface area contributed by atoms with Gasteiger partial charge in [0.2, 0.25) is 0 Å². The normalized spacial score (nSPS) is 26.2. The number of carbonyl (C=O) groups excluding carboxylic acids is 2. The molecule has 0 saturated heterocycles. The molecule has 2 unspecified atom stereocenters. The van der Waals surface area contributed by atoms with Gasteiger partial charge in [-0.25, -0.2) is 10.0 Å². The average Bonchev–Trinajstić information content (AvgIpc) is 2.64. The van der Waals surface area contributed by atoms with Gasteiger partial charge in [0, 0.05) is 12.7 Å². The zero-order valence-corrected chi connectivity index (χ0v) is 17.0. The average molecular weight is 387 g/mol. The maximum absolute atomic E-state index is 12.4. The molecular formula is C21H29N3O4. The van der Waals surface area contributed by atoms with Gasteiger partial charge in [-0.15, -0.1) is 0 Å². The number of fused-ring (bicyclic) bond motifs is 1. The van der Waals surface area contributed by atoms with Crippen LogP contribution in [0.1, 0.15) is 57.3 Å². The molecule has 1 amide bonds. The first-order valence-electron chi connectivity index (χ1n) is 9.75. The van der Waals surface area contributed by atoms with E-state index in [1.807, 2.05) is 6.08 Å². The van der Waals surface area contributed by atoms with Crippen molar-refractivity contribution in [2.45, 2.75) is 58.6 Å². The first kappa shape index (κ1) is 20.5. The van der Waals surface area contributed by atoms with Gasteiger partial charge in [0.1, 0.15) is 11.6 Å². The molecule has 1 aromatic rings. The zero-order valence-electron chi connectivity index (χ0n) is 17.0. The van der Waals surface area contributed by atoms with Crippen molar-refractivity contribution >= 4 is 17.5 Å². The molecule has 7 heteroatoms. The lowest BCUT2D eigenvalue weighted by molar-refractivity contribution is -0.124. The molecule has 28 heavy (non-hydrogen) atoms. The van der Waals surface area contributed by atoms with Crippen LogP contribution in [0, 0.1) is 5.41 Å². The predicted octanol–water partition coefficient (Wildman–Crippen LogP) is 2.41. The molecule has 0 aromatic carbocycles. The highest BCUT2D eigenvalue weighted by Crippen LogP contribution is 2.50. The van der Waals surface area contributed by atoms with Gasteiger partial charge in [0.15, 0.2) is 11.6 Å². The molecule has 1 aliphatic heterocycles. The SMILES string of the molecule is CC(=O)C1C=C2C(C)(C)CCCC2(C)ON1c1ccc(C(=O)NCCO)cn1. The number of hydrogen-bond donors (Lipinski definition) is 2. The maximum atomic E-state index is 12.4. The number of Topliss-reactive ketones (excluding diaryl/α,β-unsaturated/α-hetero) is 1. The topological polar surface area (TPSA) is 91.8 Å². The van der Waals surface area contributed by atoms with Crippen LogP contribution < -0.4 is 10.4 Å². The molecule has 2 atom stereocenters. The Bertz CT molecular complexity index is 787. The number of pyridine rings is 1. The molecule has 0 spiro atoms. The largest absolute Gasteiger partial charge is 0.395 e. The Morgan fingerprint density at radius 3 is 2.68 bits per heavy atom. The summed E-state index contributed by atoms with van der Waals surface area (Å²) in [7, 11) is 0. The lowest BCUT2D eigenvalue weighted by Gasteiger charge is -2.51. The van der Waals surface area contributed by atoms with Crippen molar-refractivity contribution in [1.29, 1.82) is 0 Å². The molecule has 7 nitrogen and oxygen atoms in total. The van der Waals surface area contributed by atoms with Crippen LogP contribution in [-0.4, -0.2) is 46.6 Å². The molecule has 1 saturated carbocycles. The number of carbonyl (C=O) groups is 2. The van der Waals surface area contributed by atoms with Gasteiger partial charge >= 0.3 is 0 Å². The van der Waals surface area contributed by atoms with E-state index in [9.17, 15) is 9.59 Å². The van der Waals surface area contributed by atoms with E-state index in [1.54, 1.807) is 24.1 Å².